The number of aromatic nitrogens is 2. The Hall–Kier alpha value is -4.66. The molecule has 4 aromatic rings. The lowest BCUT2D eigenvalue weighted by Gasteiger charge is -2.10. The molecule has 0 fully saturated rings. The number of nitro groups is 1. The summed E-state index contributed by atoms with van der Waals surface area (Å²) < 4.78 is 13.0. The van der Waals surface area contributed by atoms with Crippen LogP contribution in [-0.4, -0.2) is 27.7 Å². The van der Waals surface area contributed by atoms with Gasteiger partial charge in [-0.05, 0) is 68.3 Å². The molecule has 0 saturated heterocycles. The molecule has 1 N–H and O–H groups in total. The molecule has 0 aliphatic rings. The lowest BCUT2D eigenvalue weighted by Crippen LogP contribution is -2.14. The maximum Gasteiger partial charge on any atom is 0.272 e. The average molecular weight is 501 g/mol. The fourth-order valence-electron chi connectivity index (χ4n) is 4.05. The SMILES string of the molecule is COc1cccc(Cn2nc(C)c(NC(=O)c3cccc(COc4ccc([N+](=O)[O-])c(C)c4)c3)c2C)c1. The molecular weight excluding hydrogens is 472 g/mol. The van der Waals surface area contributed by atoms with Gasteiger partial charge in [0.2, 0.25) is 0 Å². The molecule has 0 unspecified atom stereocenters. The van der Waals surface area contributed by atoms with Crippen molar-refractivity contribution in [1.82, 2.24) is 9.78 Å². The van der Waals surface area contributed by atoms with Crippen LogP contribution in [0.4, 0.5) is 11.4 Å². The van der Waals surface area contributed by atoms with Crippen molar-refractivity contribution in [2.75, 3.05) is 12.4 Å². The normalized spacial score (nSPS) is 10.7. The first-order chi connectivity index (χ1) is 17.7. The topological polar surface area (TPSA) is 109 Å². The van der Waals surface area contributed by atoms with Gasteiger partial charge in [0.05, 0.1) is 35.7 Å². The molecule has 0 aliphatic heterocycles. The van der Waals surface area contributed by atoms with E-state index in [9.17, 15) is 14.9 Å². The molecule has 1 aromatic heterocycles. The highest BCUT2D eigenvalue weighted by atomic mass is 16.6. The van der Waals surface area contributed by atoms with Crippen molar-refractivity contribution in [3.05, 3.63) is 110 Å². The fraction of sp³-hybridized carbons (Fsp3) is 0.214. The number of nitrogens with zero attached hydrogens (tertiary/aromatic N) is 3. The van der Waals surface area contributed by atoms with E-state index in [1.165, 1.54) is 6.07 Å². The Morgan fingerprint density at radius 3 is 2.49 bits per heavy atom. The van der Waals surface area contributed by atoms with Crippen molar-refractivity contribution in [3.8, 4) is 11.5 Å². The molecule has 1 amide bonds. The Balaban J connectivity index is 1.44. The van der Waals surface area contributed by atoms with Gasteiger partial charge >= 0.3 is 0 Å². The summed E-state index contributed by atoms with van der Waals surface area (Å²) in [6.07, 6.45) is 0. The summed E-state index contributed by atoms with van der Waals surface area (Å²) >= 11 is 0. The van der Waals surface area contributed by atoms with Crippen LogP contribution in [0.15, 0.2) is 66.7 Å². The van der Waals surface area contributed by atoms with Crippen LogP contribution in [0.25, 0.3) is 0 Å². The van der Waals surface area contributed by atoms with Gasteiger partial charge in [0.25, 0.3) is 11.6 Å². The monoisotopic (exact) mass is 500 g/mol. The van der Waals surface area contributed by atoms with E-state index in [1.807, 2.05) is 48.9 Å². The number of hydrogen-bond donors (Lipinski definition) is 1. The van der Waals surface area contributed by atoms with E-state index in [1.54, 1.807) is 44.4 Å². The van der Waals surface area contributed by atoms with Gasteiger partial charge in [-0.25, -0.2) is 0 Å². The van der Waals surface area contributed by atoms with Crippen molar-refractivity contribution in [1.29, 1.82) is 0 Å². The molecule has 9 nitrogen and oxygen atoms in total. The number of carbonyl (C=O) groups is 1. The molecule has 0 bridgehead atoms. The van der Waals surface area contributed by atoms with Crippen LogP contribution < -0.4 is 14.8 Å². The van der Waals surface area contributed by atoms with Crippen molar-refractivity contribution in [2.45, 2.75) is 33.9 Å². The van der Waals surface area contributed by atoms with Crippen molar-refractivity contribution < 1.29 is 19.2 Å². The van der Waals surface area contributed by atoms with Crippen molar-refractivity contribution >= 4 is 17.3 Å². The number of hydrogen-bond acceptors (Lipinski definition) is 6. The summed E-state index contributed by atoms with van der Waals surface area (Å²) in [6, 6.07) is 19.6. The summed E-state index contributed by atoms with van der Waals surface area (Å²) in [7, 11) is 1.63. The molecule has 1 heterocycles. The van der Waals surface area contributed by atoms with Crippen LogP contribution in [0, 0.1) is 30.9 Å². The molecule has 37 heavy (non-hydrogen) atoms. The van der Waals surface area contributed by atoms with E-state index >= 15 is 0 Å². The summed E-state index contributed by atoms with van der Waals surface area (Å²) in [6.45, 7) is 6.22. The summed E-state index contributed by atoms with van der Waals surface area (Å²) in [5.41, 5.74) is 5.14. The largest absolute Gasteiger partial charge is 0.497 e. The number of amides is 1. The maximum atomic E-state index is 13.1. The summed E-state index contributed by atoms with van der Waals surface area (Å²) in [5, 5.41) is 18.6. The van der Waals surface area contributed by atoms with Gasteiger partial charge in [-0.2, -0.15) is 5.10 Å². The Morgan fingerprint density at radius 1 is 1.00 bits per heavy atom. The number of nitro benzene ring substituents is 1. The third kappa shape index (κ3) is 5.95. The minimum Gasteiger partial charge on any atom is -0.497 e. The first kappa shape index (κ1) is 25.4. The molecule has 190 valence electrons. The van der Waals surface area contributed by atoms with Crippen molar-refractivity contribution in [3.63, 3.8) is 0 Å². The molecule has 9 heteroatoms. The van der Waals surface area contributed by atoms with Gasteiger partial charge in [0.15, 0.2) is 0 Å². The zero-order chi connectivity index (χ0) is 26.5. The highest BCUT2D eigenvalue weighted by Gasteiger charge is 2.16. The van der Waals surface area contributed by atoms with Crippen molar-refractivity contribution in [2.24, 2.45) is 0 Å². The number of ether oxygens (including phenoxy) is 2. The van der Waals surface area contributed by atoms with E-state index in [0.717, 1.165) is 28.3 Å². The van der Waals surface area contributed by atoms with Crippen LogP contribution in [0.5, 0.6) is 11.5 Å². The zero-order valence-corrected chi connectivity index (χ0v) is 21.1. The Kier molecular flexibility index (Phi) is 7.52. The predicted molar refractivity (Wildman–Crippen MR) is 140 cm³/mol. The quantitative estimate of drug-likeness (QED) is 0.237. The number of methoxy groups -OCH3 is 1. The fourth-order valence-corrected chi connectivity index (χ4v) is 4.05. The Labute approximate surface area is 214 Å². The van der Waals surface area contributed by atoms with Gasteiger partial charge in [0, 0.05) is 17.2 Å². The maximum absolute atomic E-state index is 13.1. The Bertz CT molecular complexity index is 1460. The predicted octanol–water partition coefficient (Wildman–Crippen LogP) is 5.60. The molecular formula is C28H28N4O5. The number of carbonyl (C=O) groups excluding carboxylic acids is 1. The third-order valence-corrected chi connectivity index (χ3v) is 6.05. The number of nitrogens with one attached hydrogen (secondary N) is 1. The average Bonchev–Trinajstić information content (AvgIpc) is 3.14. The van der Waals surface area contributed by atoms with Crippen LogP contribution >= 0.6 is 0 Å². The first-order valence-corrected chi connectivity index (χ1v) is 11.7. The second-order valence-electron chi connectivity index (χ2n) is 8.70. The second kappa shape index (κ2) is 10.9. The van der Waals surface area contributed by atoms with Crippen LogP contribution in [0.1, 0.15) is 38.4 Å². The van der Waals surface area contributed by atoms with Crippen LogP contribution in [-0.2, 0) is 13.2 Å². The van der Waals surface area contributed by atoms with Gasteiger partial charge in [-0.1, -0.05) is 24.3 Å². The number of anilines is 1. The highest BCUT2D eigenvalue weighted by molar-refractivity contribution is 6.05. The lowest BCUT2D eigenvalue weighted by atomic mass is 10.1. The lowest BCUT2D eigenvalue weighted by molar-refractivity contribution is -0.385. The van der Waals surface area contributed by atoms with Gasteiger partial charge < -0.3 is 14.8 Å². The molecule has 0 atom stereocenters. The minimum absolute atomic E-state index is 0.0448. The van der Waals surface area contributed by atoms with Crippen LogP contribution in [0.3, 0.4) is 0 Å². The van der Waals surface area contributed by atoms with E-state index in [-0.39, 0.29) is 18.2 Å². The van der Waals surface area contributed by atoms with E-state index in [2.05, 4.69) is 10.4 Å². The van der Waals surface area contributed by atoms with Gasteiger partial charge in [-0.3, -0.25) is 19.6 Å². The second-order valence-corrected chi connectivity index (χ2v) is 8.70. The van der Waals surface area contributed by atoms with E-state index in [4.69, 9.17) is 9.47 Å². The number of rotatable bonds is 9. The Morgan fingerprint density at radius 2 is 1.76 bits per heavy atom. The molecule has 0 aliphatic carbocycles. The third-order valence-electron chi connectivity index (χ3n) is 6.05. The highest BCUT2D eigenvalue weighted by Crippen LogP contribution is 2.25. The number of benzene rings is 3. The van der Waals surface area contributed by atoms with Gasteiger partial charge in [0.1, 0.15) is 18.1 Å². The molecule has 0 radical (unpaired) electrons. The van der Waals surface area contributed by atoms with E-state index in [0.29, 0.717) is 29.1 Å². The smallest absolute Gasteiger partial charge is 0.272 e. The van der Waals surface area contributed by atoms with Gasteiger partial charge in [-0.15, -0.1) is 0 Å². The van der Waals surface area contributed by atoms with E-state index < -0.39 is 4.92 Å². The number of aryl methyl sites for hydroxylation is 2. The molecule has 4 rings (SSSR count). The molecule has 0 saturated carbocycles. The first-order valence-electron chi connectivity index (χ1n) is 11.7. The molecule has 0 spiro atoms. The van der Waals surface area contributed by atoms with Crippen LogP contribution in [0.2, 0.25) is 0 Å². The minimum atomic E-state index is -0.423. The summed E-state index contributed by atoms with van der Waals surface area (Å²) in [5.74, 6) is 1.05. The molecule has 3 aromatic carbocycles. The zero-order valence-electron chi connectivity index (χ0n) is 21.1. The summed E-state index contributed by atoms with van der Waals surface area (Å²) in [4.78, 5) is 23.7. The standard InChI is InChI=1S/C28H28N4O5/c1-18-13-25(11-12-26(18)32(34)35)37-17-22-8-5-9-23(14-22)28(33)29-27-19(2)30-31(20(27)3)16-21-7-6-10-24(15-21)36-4/h5-15H,16-17H2,1-4H3,(H,29,33).